The molecule has 0 saturated heterocycles. The van der Waals surface area contributed by atoms with Crippen molar-refractivity contribution in [1.82, 2.24) is 10.1 Å². The number of carboxylic acid groups (broad SMARTS) is 1. The summed E-state index contributed by atoms with van der Waals surface area (Å²) in [5.74, 6) is -0.287. The van der Waals surface area contributed by atoms with Crippen molar-refractivity contribution in [1.29, 1.82) is 0 Å². The lowest BCUT2D eigenvalue weighted by molar-refractivity contribution is 0.0697. The molecule has 8 heteroatoms. The molecule has 0 bridgehead atoms. The molecule has 0 spiro atoms. The summed E-state index contributed by atoms with van der Waals surface area (Å²) in [6.45, 7) is 1.91. The first kappa shape index (κ1) is 16.6. The molecule has 2 heterocycles. The van der Waals surface area contributed by atoms with Gasteiger partial charge in [-0.1, -0.05) is 34.4 Å². The molecule has 0 aliphatic carbocycles. The lowest BCUT2D eigenvalue weighted by Gasteiger charge is -2.00. The van der Waals surface area contributed by atoms with Crippen LogP contribution >= 0.6 is 23.2 Å². The van der Waals surface area contributed by atoms with Gasteiger partial charge in [-0.3, -0.25) is 0 Å². The monoisotopic (exact) mass is 388 g/mol. The van der Waals surface area contributed by atoms with Crippen molar-refractivity contribution in [3.63, 3.8) is 0 Å². The van der Waals surface area contributed by atoms with Crippen LogP contribution < -0.4 is 0 Å². The van der Waals surface area contributed by atoms with Crippen molar-refractivity contribution in [2.45, 2.75) is 6.92 Å². The number of rotatable bonds is 3. The summed E-state index contributed by atoms with van der Waals surface area (Å²) in [6, 6.07) is 9.67. The number of benzene rings is 2. The van der Waals surface area contributed by atoms with Gasteiger partial charge >= 0.3 is 5.97 Å². The predicted molar refractivity (Wildman–Crippen MR) is 96.7 cm³/mol. The Morgan fingerprint density at radius 1 is 1.12 bits per heavy atom. The first-order valence-electron chi connectivity index (χ1n) is 7.50. The van der Waals surface area contributed by atoms with Gasteiger partial charge in [-0.15, -0.1) is 0 Å². The van der Waals surface area contributed by atoms with Gasteiger partial charge in [0, 0.05) is 10.9 Å². The van der Waals surface area contributed by atoms with E-state index in [-0.39, 0.29) is 22.3 Å². The van der Waals surface area contributed by atoms with Crippen molar-refractivity contribution in [2.24, 2.45) is 0 Å². The van der Waals surface area contributed by atoms with Crippen LogP contribution in [0.15, 0.2) is 45.3 Å². The zero-order valence-corrected chi connectivity index (χ0v) is 14.8. The fourth-order valence-corrected chi connectivity index (χ4v) is 3.06. The number of aryl methyl sites for hydroxylation is 1. The zero-order chi connectivity index (χ0) is 18.4. The number of halogens is 2. The Hall–Kier alpha value is -2.83. The van der Waals surface area contributed by atoms with E-state index in [1.54, 1.807) is 12.1 Å². The van der Waals surface area contributed by atoms with E-state index in [0.29, 0.717) is 21.9 Å². The number of hydrogen-bond donors (Lipinski definition) is 1. The van der Waals surface area contributed by atoms with Crippen molar-refractivity contribution in [3.8, 4) is 23.0 Å². The quantitative estimate of drug-likeness (QED) is 0.500. The molecule has 130 valence electrons. The Morgan fingerprint density at radius 3 is 2.62 bits per heavy atom. The van der Waals surface area contributed by atoms with Gasteiger partial charge in [0.2, 0.25) is 5.82 Å². The van der Waals surface area contributed by atoms with Crippen LogP contribution in [0.2, 0.25) is 10.0 Å². The normalized spacial score (nSPS) is 11.2. The van der Waals surface area contributed by atoms with E-state index >= 15 is 0 Å². The Labute approximate surface area is 156 Å². The number of aromatic nitrogens is 2. The lowest BCUT2D eigenvalue weighted by atomic mass is 10.1. The molecule has 4 aromatic rings. The third kappa shape index (κ3) is 2.73. The van der Waals surface area contributed by atoms with Gasteiger partial charge in [-0.2, -0.15) is 4.98 Å². The molecule has 0 unspecified atom stereocenters. The minimum atomic E-state index is -1.07. The smallest absolute Gasteiger partial charge is 0.335 e. The van der Waals surface area contributed by atoms with Crippen molar-refractivity contribution >= 4 is 40.1 Å². The van der Waals surface area contributed by atoms with Gasteiger partial charge in [-0.25, -0.2) is 4.79 Å². The highest BCUT2D eigenvalue weighted by Crippen LogP contribution is 2.34. The van der Waals surface area contributed by atoms with Crippen LogP contribution in [0.4, 0.5) is 0 Å². The highest BCUT2D eigenvalue weighted by atomic mass is 35.5. The van der Waals surface area contributed by atoms with Crippen LogP contribution in [-0.4, -0.2) is 21.2 Å². The van der Waals surface area contributed by atoms with E-state index in [1.165, 1.54) is 18.2 Å². The van der Waals surface area contributed by atoms with E-state index in [1.807, 2.05) is 13.0 Å². The van der Waals surface area contributed by atoms with Gasteiger partial charge in [0.05, 0.1) is 15.6 Å². The number of nitrogens with zero attached hydrogens (tertiary/aromatic N) is 2. The van der Waals surface area contributed by atoms with Gasteiger partial charge in [0.1, 0.15) is 5.58 Å². The van der Waals surface area contributed by atoms with Gasteiger partial charge in [-0.05, 0) is 42.8 Å². The number of fused-ring (bicyclic) bond motifs is 1. The highest BCUT2D eigenvalue weighted by Gasteiger charge is 2.19. The minimum absolute atomic E-state index is 0.0740. The molecule has 0 atom stereocenters. The summed E-state index contributed by atoms with van der Waals surface area (Å²) in [6.07, 6.45) is 0. The molecule has 0 fully saturated rings. The van der Waals surface area contributed by atoms with E-state index < -0.39 is 5.97 Å². The molecule has 26 heavy (non-hydrogen) atoms. The molecule has 0 aliphatic rings. The van der Waals surface area contributed by atoms with Crippen LogP contribution in [0.5, 0.6) is 0 Å². The first-order chi connectivity index (χ1) is 12.4. The summed E-state index contributed by atoms with van der Waals surface area (Å²) in [5, 5.41) is 14.4. The maximum absolute atomic E-state index is 11.0. The number of carboxylic acids is 1. The van der Waals surface area contributed by atoms with Crippen molar-refractivity contribution in [2.75, 3.05) is 0 Å². The zero-order valence-electron chi connectivity index (χ0n) is 13.3. The molecular weight excluding hydrogens is 379 g/mol. The predicted octanol–water partition coefficient (Wildman–Crippen LogP) is 5.46. The standard InChI is InChI=1S/C18H10Cl2N2O4/c1-8-2-5-12(19)11-7-14(25-15(8)11)17-21-16(22-26-17)10-4-3-9(18(23)24)6-13(10)20/h2-7H,1H3,(H,23,24). The van der Waals surface area contributed by atoms with E-state index in [0.717, 1.165) is 10.9 Å². The second-order valence-electron chi connectivity index (χ2n) is 5.64. The molecule has 1 N–H and O–H groups in total. The largest absolute Gasteiger partial charge is 0.478 e. The third-order valence-electron chi connectivity index (χ3n) is 3.92. The molecule has 2 aromatic heterocycles. The fourth-order valence-electron chi connectivity index (χ4n) is 2.59. The van der Waals surface area contributed by atoms with E-state index in [2.05, 4.69) is 10.1 Å². The SMILES string of the molecule is Cc1ccc(Cl)c2cc(-c3nc(-c4ccc(C(=O)O)cc4Cl)no3)oc12. The third-order valence-corrected chi connectivity index (χ3v) is 4.56. The molecule has 0 aliphatic heterocycles. The number of hydrogen-bond acceptors (Lipinski definition) is 5. The Kier molecular flexibility index (Phi) is 3.94. The minimum Gasteiger partial charge on any atom is -0.478 e. The summed E-state index contributed by atoms with van der Waals surface area (Å²) in [7, 11) is 0. The van der Waals surface area contributed by atoms with Crippen LogP contribution in [0.25, 0.3) is 34.0 Å². The van der Waals surface area contributed by atoms with Crippen LogP contribution in [-0.2, 0) is 0 Å². The average Bonchev–Trinajstić information content (AvgIpc) is 3.25. The molecule has 2 aromatic carbocycles. The lowest BCUT2D eigenvalue weighted by Crippen LogP contribution is -1.96. The summed E-state index contributed by atoms with van der Waals surface area (Å²) < 4.78 is 11.1. The second kappa shape index (κ2) is 6.16. The molecule has 0 amide bonds. The van der Waals surface area contributed by atoms with Crippen LogP contribution in [0.3, 0.4) is 0 Å². The topological polar surface area (TPSA) is 89.4 Å². The van der Waals surface area contributed by atoms with Gasteiger partial charge in [0.15, 0.2) is 5.76 Å². The molecule has 0 radical (unpaired) electrons. The van der Waals surface area contributed by atoms with Crippen molar-refractivity contribution < 1.29 is 18.8 Å². The van der Waals surface area contributed by atoms with Crippen LogP contribution in [0, 0.1) is 6.92 Å². The van der Waals surface area contributed by atoms with Gasteiger partial charge < -0.3 is 14.0 Å². The average molecular weight is 389 g/mol. The number of aromatic carboxylic acids is 1. The summed E-state index contributed by atoms with van der Waals surface area (Å²) in [4.78, 5) is 15.3. The molecule has 0 saturated carbocycles. The number of furan rings is 1. The highest BCUT2D eigenvalue weighted by molar-refractivity contribution is 6.35. The van der Waals surface area contributed by atoms with Crippen LogP contribution in [0.1, 0.15) is 15.9 Å². The first-order valence-corrected chi connectivity index (χ1v) is 8.25. The maximum atomic E-state index is 11.0. The molecule has 4 rings (SSSR count). The van der Waals surface area contributed by atoms with E-state index in [9.17, 15) is 4.79 Å². The Morgan fingerprint density at radius 2 is 1.92 bits per heavy atom. The van der Waals surface area contributed by atoms with E-state index in [4.69, 9.17) is 37.2 Å². The summed E-state index contributed by atoms with van der Waals surface area (Å²) >= 11 is 12.3. The maximum Gasteiger partial charge on any atom is 0.335 e. The fraction of sp³-hybridized carbons (Fsp3) is 0.0556. The molecule has 6 nitrogen and oxygen atoms in total. The molecular formula is C18H10Cl2N2O4. The Balaban J connectivity index is 1.76. The van der Waals surface area contributed by atoms with Gasteiger partial charge in [0.25, 0.3) is 5.89 Å². The second-order valence-corrected chi connectivity index (χ2v) is 6.46. The summed E-state index contributed by atoms with van der Waals surface area (Å²) in [5.41, 5.74) is 2.11. The Bertz CT molecular complexity index is 1120. The van der Waals surface area contributed by atoms with Crippen molar-refractivity contribution in [3.05, 3.63) is 57.6 Å². The number of carbonyl (C=O) groups is 1.